The van der Waals surface area contributed by atoms with E-state index in [9.17, 15) is 14.0 Å². The largest absolute Gasteiger partial charge is 0.370 e. The van der Waals surface area contributed by atoms with Crippen molar-refractivity contribution >= 4 is 23.6 Å². The lowest BCUT2D eigenvalue weighted by molar-refractivity contribution is -0.149. The van der Waals surface area contributed by atoms with Gasteiger partial charge < -0.3 is 15.0 Å². The van der Waals surface area contributed by atoms with E-state index in [4.69, 9.17) is 4.74 Å². The fraction of sp³-hybridized carbons (Fsp3) is 0.529. The Balaban J connectivity index is 1.44. The van der Waals surface area contributed by atoms with Crippen LogP contribution in [0.15, 0.2) is 24.3 Å². The number of nitrogens with zero attached hydrogens (tertiary/aromatic N) is 1. The number of ether oxygens (including phenoxy) is 1. The SMILES string of the molecule is CC1(C)SC[C@H](C(=O)N2CC(OCc3ccccc3F)C2)NC1=O. The average molecular weight is 352 g/mol. The minimum Gasteiger partial charge on any atom is -0.370 e. The summed E-state index contributed by atoms with van der Waals surface area (Å²) in [5.41, 5.74) is 0.514. The zero-order valence-corrected chi connectivity index (χ0v) is 14.6. The smallest absolute Gasteiger partial charge is 0.246 e. The monoisotopic (exact) mass is 352 g/mol. The first-order valence-corrected chi connectivity index (χ1v) is 8.94. The van der Waals surface area contributed by atoms with E-state index in [0.29, 0.717) is 24.4 Å². The summed E-state index contributed by atoms with van der Waals surface area (Å²) in [5, 5.41) is 2.79. The maximum atomic E-state index is 13.5. The molecule has 2 aliphatic rings. The predicted molar refractivity (Wildman–Crippen MR) is 90.0 cm³/mol. The van der Waals surface area contributed by atoms with Crippen LogP contribution in [0.4, 0.5) is 4.39 Å². The number of carbonyl (C=O) groups excluding carboxylic acids is 2. The minimum absolute atomic E-state index is 0.0721. The second-order valence-corrected chi connectivity index (χ2v) is 8.26. The lowest BCUT2D eigenvalue weighted by Crippen LogP contribution is -2.63. The summed E-state index contributed by atoms with van der Waals surface area (Å²) >= 11 is 1.49. The molecule has 1 atom stereocenters. The molecular formula is C17H21FN2O3S. The highest BCUT2D eigenvalue weighted by Gasteiger charge is 2.41. The van der Waals surface area contributed by atoms with Crippen LogP contribution in [0.5, 0.6) is 0 Å². The normalized spacial score (nSPS) is 23.5. The Bertz CT molecular complexity index is 646. The van der Waals surface area contributed by atoms with Gasteiger partial charge in [0.15, 0.2) is 0 Å². The van der Waals surface area contributed by atoms with Crippen LogP contribution >= 0.6 is 11.8 Å². The molecule has 0 bridgehead atoms. The average Bonchev–Trinajstić information content (AvgIpc) is 2.50. The Hall–Kier alpha value is -1.60. The molecule has 2 fully saturated rings. The lowest BCUT2D eigenvalue weighted by atomic mass is 10.1. The van der Waals surface area contributed by atoms with Gasteiger partial charge in [0.05, 0.1) is 17.5 Å². The summed E-state index contributed by atoms with van der Waals surface area (Å²) in [5.74, 6) is 0.117. The van der Waals surface area contributed by atoms with Gasteiger partial charge in [0.1, 0.15) is 11.9 Å². The molecule has 2 aliphatic heterocycles. The van der Waals surface area contributed by atoms with Crippen LogP contribution in [0.1, 0.15) is 19.4 Å². The van der Waals surface area contributed by atoms with Crippen LogP contribution in [0.3, 0.4) is 0 Å². The van der Waals surface area contributed by atoms with Crippen molar-refractivity contribution in [1.82, 2.24) is 10.2 Å². The molecule has 1 aromatic carbocycles. The van der Waals surface area contributed by atoms with Crippen LogP contribution < -0.4 is 5.32 Å². The van der Waals surface area contributed by atoms with Crippen molar-refractivity contribution in [2.45, 2.75) is 37.3 Å². The molecule has 2 amide bonds. The van der Waals surface area contributed by atoms with Crippen molar-refractivity contribution in [3.63, 3.8) is 0 Å². The molecular weight excluding hydrogens is 331 g/mol. The highest BCUT2D eigenvalue weighted by molar-refractivity contribution is 8.01. The summed E-state index contributed by atoms with van der Waals surface area (Å²) in [6, 6.07) is 6.03. The highest BCUT2D eigenvalue weighted by atomic mass is 32.2. The van der Waals surface area contributed by atoms with E-state index < -0.39 is 10.8 Å². The van der Waals surface area contributed by atoms with E-state index in [1.807, 2.05) is 13.8 Å². The van der Waals surface area contributed by atoms with E-state index >= 15 is 0 Å². The molecule has 0 saturated carbocycles. The molecule has 1 N–H and O–H groups in total. The second-order valence-electron chi connectivity index (χ2n) is 6.62. The lowest BCUT2D eigenvalue weighted by Gasteiger charge is -2.42. The van der Waals surface area contributed by atoms with Gasteiger partial charge in [0.2, 0.25) is 11.8 Å². The van der Waals surface area contributed by atoms with Crippen LogP contribution in [-0.4, -0.2) is 52.4 Å². The molecule has 7 heteroatoms. The maximum Gasteiger partial charge on any atom is 0.246 e. The third-order valence-electron chi connectivity index (χ3n) is 4.35. The van der Waals surface area contributed by atoms with Crippen molar-refractivity contribution in [3.8, 4) is 0 Å². The number of likely N-dealkylation sites (tertiary alicyclic amines) is 1. The molecule has 24 heavy (non-hydrogen) atoms. The number of rotatable bonds is 4. The van der Waals surface area contributed by atoms with Crippen molar-refractivity contribution in [1.29, 1.82) is 0 Å². The zero-order valence-electron chi connectivity index (χ0n) is 13.8. The molecule has 0 spiro atoms. The summed E-state index contributed by atoms with van der Waals surface area (Å²) in [6.45, 7) is 4.86. The molecule has 2 heterocycles. The molecule has 1 aromatic rings. The van der Waals surface area contributed by atoms with Gasteiger partial charge in [0.25, 0.3) is 0 Å². The topological polar surface area (TPSA) is 58.6 Å². The summed E-state index contributed by atoms with van der Waals surface area (Å²) < 4.78 is 18.7. The number of halogens is 1. The van der Waals surface area contributed by atoms with Crippen LogP contribution in [-0.2, 0) is 20.9 Å². The highest BCUT2D eigenvalue weighted by Crippen LogP contribution is 2.30. The first kappa shape index (κ1) is 17.2. The standard InChI is InChI=1S/C17H21FN2O3S/c1-17(2)16(22)19-14(10-24-17)15(21)20-7-12(8-20)23-9-11-5-3-4-6-13(11)18/h3-6,12,14H,7-10H2,1-2H3,(H,19,22)/t14-/m1/s1. The van der Waals surface area contributed by atoms with Crippen molar-refractivity contribution in [3.05, 3.63) is 35.6 Å². The number of hydrogen-bond donors (Lipinski definition) is 1. The Morgan fingerprint density at radius 2 is 2.12 bits per heavy atom. The molecule has 130 valence electrons. The van der Waals surface area contributed by atoms with Gasteiger partial charge in [0, 0.05) is 24.4 Å². The number of amides is 2. The van der Waals surface area contributed by atoms with E-state index in [1.165, 1.54) is 17.8 Å². The van der Waals surface area contributed by atoms with Crippen LogP contribution in [0.2, 0.25) is 0 Å². The number of thioether (sulfide) groups is 1. The molecule has 2 saturated heterocycles. The first-order valence-electron chi connectivity index (χ1n) is 7.95. The molecule has 0 radical (unpaired) electrons. The summed E-state index contributed by atoms with van der Waals surface area (Å²) in [4.78, 5) is 26.0. The molecule has 5 nitrogen and oxygen atoms in total. The van der Waals surface area contributed by atoms with Gasteiger partial charge in [-0.05, 0) is 19.9 Å². The minimum atomic E-state index is -0.489. The van der Waals surface area contributed by atoms with Gasteiger partial charge in [-0.15, -0.1) is 11.8 Å². The summed E-state index contributed by atoms with van der Waals surface area (Å²) in [6.07, 6.45) is -0.0862. The Kier molecular flexibility index (Phi) is 4.83. The third kappa shape index (κ3) is 3.57. The Morgan fingerprint density at radius 1 is 1.42 bits per heavy atom. The van der Waals surface area contributed by atoms with E-state index in [2.05, 4.69) is 5.32 Å². The van der Waals surface area contributed by atoms with Gasteiger partial charge in [-0.1, -0.05) is 18.2 Å². The van der Waals surface area contributed by atoms with Crippen LogP contribution in [0.25, 0.3) is 0 Å². The molecule has 0 aromatic heterocycles. The van der Waals surface area contributed by atoms with Crippen molar-refractivity contribution in [2.75, 3.05) is 18.8 Å². The molecule has 0 unspecified atom stereocenters. The number of nitrogens with one attached hydrogen (secondary N) is 1. The number of hydrogen-bond acceptors (Lipinski definition) is 4. The third-order valence-corrected chi connectivity index (χ3v) is 5.76. The quantitative estimate of drug-likeness (QED) is 0.894. The Morgan fingerprint density at radius 3 is 2.79 bits per heavy atom. The van der Waals surface area contributed by atoms with Crippen molar-refractivity contribution < 1.29 is 18.7 Å². The molecule has 3 rings (SSSR count). The summed E-state index contributed by atoms with van der Waals surface area (Å²) in [7, 11) is 0. The second kappa shape index (κ2) is 6.72. The Labute approximate surface area is 144 Å². The van der Waals surface area contributed by atoms with Gasteiger partial charge in [-0.2, -0.15) is 0 Å². The number of benzene rings is 1. The fourth-order valence-electron chi connectivity index (χ4n) is 2.63. The van der Waals surface area contributed by atoms with Crippen molar-refractivity contribution in [2.24, 2.45) is 0 Å². The molecule has 0 aliphatic carbocycles. The fourth-order valence-corrected chi connectivity index (χ4v) is 3.63. The number of carbonyl (C=O) groups is 2. The van der Waals surface area contributed by atoms with Gasteiger partial charge >= 0.3 is 0 Å². The maximum absolute atomic E-state index is 13.5. The zero-order chi connectivity index (χ0) is 17.3. The van der Waals surface area contributed by atoms with E-state index in [-0.39, 0.29) is 30.3 Å². The van der Waals surface area contributed by atoms with E-state index in [0.717, 1.165) is 0 Å². The van der Waals surface area contributed by atoms with Gasteiger partial charge in [-0.25, -0.2) is 4.39 Å². The first-order chi connectivity index (χ1) is 11.4. The predicted octanol–water partition coefficient (Wildman–Crippen LogP) is 1.56. The van der Waals surface area contributed by atoms with Gasteiger partial charge in [-0.3, -0.25) is 9.59 Å². The van der Waals surface area contributed by atoms with Crippen LogP contribution in [0, 0.1) is 5.82 Å². The van der Waals surface area contributed by atoms with E-state index in [1.54, 1.807) is 23.1 Å².